The van der Waals surface area contributed by atoms with Gasteiger partial charge in [0, 0.05) is 17.8 Å². The Labute approximate surface area is 110 Å². The van der Waals surface area contributed by atoms with Gasteiger partial charge in [0.25, 0.3) is 0 Å². The molecular weight excluding hydrogens is 226 g/mol. The van der Waals surface area contributed by atoms with Gasteiger partial charge in [0.2, 0.25) is 5.88 Å². The molecule has 0 N–H and O–H groups in total. The lowest BCUT2D eigenvalue weighted by Crippen LogP contribution is -2.12. The van der Waals surface area contributed by atoms with E-state index in [2.05, 4.69) is 18.8 Å². The van der Waals surface area contributed by atoms with Gasteiger partial charge in [0.15, 0.2) is 5.78 Å². The molecule has 1 rings (SSSR count). The quantitative estimate of drug-likeness (QED) is 0.656. The topological polar surface area (TPSA) is 39.2 Å². The lowest BCUT2D eigenvalue weighted by molar-refractivity contribution is 0.101. The number of aromatic nitrogens is 1. The second-order valence-corrected chi connectivity index (χ2v) is 4.67. The number of Topliss-reactive ketones (excluding diaryl/α,β-unsaturated/α-hetero) is 1. The van der Waals surface area contributed by atoms with Crippen LogP contribution in [0.15, 0.2) is 18.3 Å². The zero-order chi connectivity index (χ0) is 13.4. The molecule has 0 bridgehead atoms. The summed E-state index contributed by atoms with van der Waals surface area (Å²) in [4.78, 5) is 15.2. The molecule has 0 aliphatic heterocycles. The molecule has 0 radical (unpaired) electrons. The van der Waals surface area contributed by atoms with Crippen LogP contribution in [-0.4, -0.2) is 17.4 Å². The first kappa shape index (κ1) is 14.7. The fourth-order valence-corrected chi connectivity index (χ4v) is 1.78. The highest BCUT2D eigenvalue weighted by Crippen LogP contribution is 2.15. The Kier molecular flexibility index (Phi) is 6.40. The van der Waals surface area contributed by atoms with Crippen LogP contribution in [0.5, 0.6) is 5.88 Å². The van der Waals surface area contributed by atoms with E-state index in [1.807, 2.05) is 0 Å². The summed E-state index contributed by atoms with van der Waals surface area (Å²) in [6.07, 6.45) is 6.38. The summed E-state index contributed by atoms with van der Waals surface area (Å²) in [7, 11) is 0. The Bertz CT molecular complexity index is 359. The SMILES string of the molecule is CCCCC(CC)COc1ccc(C(C)=O)cn1. The van der Waals surface area contributed by atoms with Crippen molar-refractivity contribution in [2.24, 2.45) is 5.92 Å². The Morgan fingerprint density at radius 3 is 2.67 bits per heavy atom. The zero-order valence-electron chi connectivity index (χ0n) is 11.6. The van der Waals surface area contributed by atoms with Crippen molar-refractivity contribution in [1.29, 1.82) is 0 Å². The van der Waals surface area contributed by atoms with Crippen molar-refractivity contribution >= 4 is 5.78 Å². The molecule has 0 spiro atoms. The molecule has 18 heavy (non-hydrogen) atoms. The van der Waals surface area contributed by atoms with Crippen LogP contribution < -0.4 is 4.74 Å². The Morgan fingerprint density at radius 2 is 2.17 bits per heavy atom. The van der Waals surface area contributed by atoms with Crippen LogP contribution >= 0.6 is 0 Å². The van der Waals surface area contributed by atoms with E-state index in [4.69, 9.17) is 4.74 Å². The molecule has 1 unspecified atom stereocenters. The second-order valence-electron chi connectivity index (χ2n) is 4.67. The maximum absolute atomic E-state index is 11.1. The normalized spacial score (nSPS) is 12.2. The summed E-state index contributed by atoms with van der Waals surface area (Å²) in [5.41, 5.74) is 0.625. The van der Waals surface area contributed by atoms with Crippen LogP contribution in [0.4, 0.5) is 0 Å². The van der Waals surface area contributed by atoms with E-state index in [1.54, 1.807) is 18.3 Å². The van der Waals surface area contributed by atoms with Gasteiger partial charge in [-0.05, 0) is 25.3 Å². The minimum absolute atomic E-state index is 0.0310. The standard InChI is InChI=1S/C15H23NO2/c1-4-6-7-13(5-2)11-18-15-9-8-14(10-16-15)12(3)17/h8-10,13H,4-7,11H2,1-3H3. The van der Waals surface area contributed by atoms with E-state index in [-0.39, 0.29) is 5.78 Å². The van der Waals surface area contributed by atoms with Crippen molar-refractivity contribution in [3.63, 3.8) is 0 Å². The van der Waals surface area contributed by atoms with Crippen molar-refractivity contribution in [3.8, 4) is 5.88 Å². The van der Waals surface area contributed by atoms with Crippen LogP contribution in [0, 0.1) is 5.92 Å². The fraction of sp³-hybridized carbons (Fsp3) is 0.600. The molecule has 1 aromatic rings. The van der Waals surface area contributed by atoms with E-state index >= 15 is 0 Å². The first-order chi connectivity index (χ1) is 8.67. The van der Waals surface area contributed by atoms with Crippen LogP contribution in [0.3, 0.4) is 0 Å². The minimum atomic E-state index is 0.0310. The largest absolute Gasteiger partial charge is 0.477 e. The third-order valence-corrected chi connectivity index (χ3v) is 3.15. The molecule has 100 valence electrons. The van der Waals surface area contributed by atoms with Gasteiger partial charge in [-0.1, -0.05) is 33.1 Å². The van der Waals surface area contributed by atoms with E-state index in [9.17, 15) is 4.79 Å². The van der Waals surface area contributed by atoms with Gasteiger partial charge in [0.05, 0.1) is 6.61 Å². The smallest absolute Gasteiger partial charge is 0.213 e. The van der Waals surface area contributed by atoms with Gasteiger partial charge < -0.3 is 4.74 Å². The predicted octanol–water partition coefficient (Wildman–Crippen LogP) is 3.88. The van der Waals surface area contributed by atoms with Crippen molar-refractivity contribution in [2.75, 3.05) is 6.61 Å². The molecule has 0 saturated carbocycles. The molecule has 0 amide bonds. The maximum Gasteiger partial charge on any atom is 0.213 e. The zero-order valence-corrected chi connectivity index (χ0v) is 11.6. The molecule has 3 nitrogen and oxygen atoms in total. The van der Waals surface area contributed by atoms with Crippen LogP contribution in [0.25, 0.3) is 0 Å². The monoisotopic (exact) mass is 249 g/mol. The number of unbranched alkanes of at least 4 members (excludes halogenated alkanes) is 1. The number of ketones is 1. The van der Waals surface area contributed by atoms with Crippen molar-refractivity contribution in [3.05, 3.63) is 23.9 Å². The van der Waals surface area contributed by atoms with Crippen LogP contribution in [-0.2, 0) is 0 Å². The van der Waals surface area contributed by atoms with E-state index < -0.39 is 0 Å². The van der Waals surface area contributed by atoms with E-state index in [0.717, 1.165) is 6.42 Å². The Morgan fingerprint density at radius 1 is 1.39 bits per heavy atom. The van der Waals surface area contributed by atoms with Gasteiger partial charge >= 0.3 is 0 Å². The number of hydrogen-bond acceptors (Lipinski definition) is 3. The van der Waals surface area contributed by atoms with E-state index in [0.29, 0.717) is 24.0 Å². The Balaban J connectivity index is 2.44. The molecule has 0 aliphatic carbocycles. The van der Waals surface area contributed by atoms with Crippen LogP contribution in [0.2, 0.25) is 0 Å². The third-order valence-electron chi connectivity index (χ3n) is 3.15. The average molecular weight is 249 g/mol. The van der Waals surface area contributed by atoms with Crippen molar-refractivity contribution < 1.29 is 9.53 Å². The number of rotatable bonds is 8. The minimum Gasteiger partial charge on any atom is -0.477 e. The van der Waals surface area contributed by atoms with Gasteiger partial charge in [-0.3, -0.25) is 4.79 Å². The maximum atomic E-state index is 11.1. The second kappa shape index (κ2) is 7.85. The average Bonchev–Trinajstić information content (AvgIpc) is 2.39. The highest BCUT2D eigenvalue weighted by molar-refractivity contribution is 5.93. The predicted molar refractivity (Wildman–Crippen MR) is 73.0 cm³/mol. The molecule has 3 heteroatoms. The number of ether oxygens (including phenoxy) is 1. The highest BCUT2D eigenvalue weighted by Gasteiger charge is 2.07. The number of carbonyl (C=O) groups is 1. The number of hydrogen-bond donors (Lipinski definition) is 0. The van der Waals surface area contributed by atoms with Crippen molar-refractivity contribution in [2.45, 2.75) is 46.5 Å². The number of carbonyl (C=O) groups excluding carboxylic acids is 1. The lowest BCUT2D eigenvalue weighted by atomic mass is 10.0. The molecule has 0 aliphatic rings. The fourth-order valence-electron chi connectivity index (χ4n) is 1.78. The Hall–Kier alpha value is -1.38. The summed E-state index contributed by atoms with van der Waals surface area (Å²) in [6.45, 7) is 6.64. The van der Waals surface area contributed by atoms with Crippen molar-refractivity contribution in [1.82, 2.24) is 4.98 Å². The molecule has 1 aromatic heterocycles. The first-order valence-electron chi connectivity index (χ1n) is 6.77. The summed E-state index contributed by atoms with van der Waals surface area (Å²) in [5.74, 6) is 1.23. The molecule has 0 aromatic carbocycles. The van der Waals surface area contributed by atoms with Crippen LogP contribution in [0.1, 0.15) is 56.8 Å². The molecule has 1 heterocycles. The first-order valence-corrected chi connectivity index (χ1v) is 6.77. The molecule has 0 fully saturated rings. The summed E-state index contributed by atoms with van der Waals surface area (Å²) in [5, 5.41) is 0. The van der Waals surface area contributed by atoms with E-state index in [1.165, 1.54) is 26.2 Å². The number of pyridine rings is 1. The lowest BCUT2D eigenvalue weighted by Gasteiger charge is -2.14. The summed E-state index contributed by atoms with van der Waals surface area (Å²) >= 11 is 0. The van der Waals surface area contributed by atoms with Gasteiger partial charge in [-0.15, -0.1) is 0 Å². The van der Waals surface area contributed by atoms with Gasteiger partial charge in [0.1, 0.15) is 0 Å². The summed E-state index contributed by atoms with van der Waals surface area (Å²) < 4.78 is 5.67. The highest BCUT2D eigenvalue weighted by atomic mass is 16.5. The molecular formula is C15H23NO2. The molecule has 0 saturated heterocycles. The van der Waals surface area contributed by atoms with Gasteiger partial charge in [-0.2, -0.15) is 0 Å². The van der Waals surface area contributed by atoms with Gasteiger partial charge in [-0.25, -0.2) is 4.98 Å². The summed E-state index contributed by atoms with van der Waals surface area (Å²) in [6, 6.07) is 3.53. The molecule has 1 atom stereocenters. The number of nitrogens with zero attached hydrogens (tertiary/aromatic N) is 1. The third kappa shape index (κ3) is 4.86.